The zero-order chi connectivity index (χ0) is 14.3. The largest absolute Gasteiger partial charge is 0.396 e. The van der Waals surface area contributed by atoms with Gasteiger partial charge < -0.3 is 20.5 Å². The fourth-order valence-corrected chi connectivity index (χ4v) is 1.69. The molecule has 0 heterocycles. The third-order valence-corrected chi connectivity index (χ3v) is 2.97. The molecule has 0 bridgehead atoms. The Kier molecular flexibility index (Phi) is 6.20. The molecule has 4 N–H and O–H groups in total. The van der Waals surface area contributed by atoms with Gasteiger partial charge >= 0.3 is 6.03 Å². The molecule has 7 heteroatoms. The molecule has 0 aliphatic heterocycles. The summed E-state index contributed by atoms with van der Waals surface area (Å²) in [4.78, 5) is 22.9. The number of hydrogen-bond acceptors (Lipinski definition) is 5. The summed E-state index contributed by atoms with van der Waals surface area (Å²) in [5.74, 6) is -0.404. The van der Waals surface area contributed by atoms with Crippen molar-refractivity contribution in [2.75, 3.05) is 26.9 Å². The van der Waals surface area contributed by atoms with Crippen molar-refractivity contribution in [2.45, 2.75) is 37.8 Å². The van der Waals surface area contributed by atoms with Crippen molar-refractivity contribution in [3.05, 3.63) is 0 Å². The SMILES string of the molecule is COC[C@@](C)(CCO)NCC(=O)NC(=O)NC1CC1. The summed E-state index contributed by atoms with van der Waals surface area (Å²) in [5.41, 5.74) is -0.492. The molecule has 110 valence electrons. The first-order valence-corrected chi connectivity index (χ1v) is 6.44. The van der Waals surface area contributed by atoms with Crippen LogP contribution in [0.1, 0.15) is 26.2 Å². The highest BCUT2D eigenvalue weighted by Gasteiger charge is 2.26. The maximum absolute atomic E-state index is 11.6. The van der Waals surface area contributed by atoms with Crippen LogP contribution < -0.4 is 16.0 Å². The molecule has 1 aliphatic rings. The summed E-state index contributed by atoms with van der Waals surface area (Å²) in [6.45, 7) is 2.22. The molecule has 1 rings (SSSR count). The molecule has 19 heavy (non-hydrogen) atoms. The number of nitrogens with one attached hydrogen (secondary N) is 3. The summed E-state index contributed by atoms with van der Waals surface area (Å²) in [7, 11) is 1.56. The Balaban J connectivity index is 2.27. The van der Waals surface area contributed by atoms with Crippen LogP contribution in [-0.2, 0) is 9.53 Å². The number of carbonyl (C=O) groups is 2. The number of ether oxygens (including phenoxy) is 1. The Morgan fingerprint density at radius 1 is 1.42 bits per heavy atom. The van der Waals surface area contributed by atoms with Gasteiger partial charge in [-0.1, -0.05) is 0 Å². The molecule has 7 nitrogen and oxygen atoms in total. The number of urea groups is 1. The molecule has 1 saturated carbocycles. The number of carbonyl (C=O) groups excluding carboxylic acids is 2. The first kappa shape index (κ1) is 15.9. The van der Waals surface area contributed by atoms with Crippen molar-refractivity contribution in [3.8, 4) is 0 Å². The van der Waals surface area contributed by atoms with E-state index in [0.717, 1.165) is 12.8 Å². The van der Waals surface area contributed by atoms with Crippen LogP contribution in [0.5, 0.6) is 0 Å². The second-order valence-corrected chi connectivity index (χ2v) is 5.12. The van der Waals surface area contributed by atoms with Gasteiger partial charge in [0.15, 0.2) is 0 Å². The van der Waals surface area contributed by atoms with Crippen molar-refractivity contribution in [1.29, 1.82) is 0 Å². The van der Waals surface area contributed by atoms with Crippen LogP contribution in [0.25, 0.3) is 0 Å². The van der Waals surface area contributed by atoms with Gasteiger partial charge in [0, 0.05) is 25.3 Å². The zero-order valence-corrected chi connectivity index (χ0v) is 11.5. The summed E-state index contributed by atoms with van der Waals surface area (Å²) in [6.07, 6.45) is 2.41. The van der Waals surface area contributed by atoms with Gasteiger partial charge in [0.2, 0.25) is 5.91 Å². The van der Waals surface area contributed by atoms with Crippen molar-refractivity contribution in [3.63, 3.8) is 0 Å². The smallest absolute Gasteiger partial charge is 0.321 e. The van der Waals surface area contributed by atoms with E-state index in [1.807, 2.05) is 6.92 Å². The molecule has 0 radical (unpaired) electrons. The fraction of sp³-hybridized carbons (Fsp3) is 0.833. The van der Waals surface area contributed by atoms with E-state index in [9.17, 15) is 9.59 Å². The number of imide groups is 1. The van der Waals surface area contributed by atoms with Crippen LogP contribution in [0.3, 0.4) is 0 Å². The highest BCUT2D eigenvalue weighted by Crippen LogP contribution is 2.18. The van der Waals surface area contributed by atoms with Crippen LogP contribution in [0.15, 0.2) is 0 Å². The van der Waals surface area contributed by atoms with E-state index >= 15 is 0 Å². The summed E-state index contributed by atoms with van der Waals surface area (Å²) < 4.78 is 5.05. The number of amides is 3. The lowest BCUT2D eigenvalue weighted by molar-refractivity contribution is -0.119. The molecule has 1 aliphatic carbocycles. The lowest BCUT2D eigenvalue weighted by atomic mass is 9.99. The molecule has 0 aromatic heterocycles. The van der Waals surface area contributed by atoms with Crippen LogP contribution in [0, 0.1) is 0 Å². The average Bonchev–Trinajstić information content (AvgIpc) is 3.11. The highest BCUT2D eigenvalue weighted by molar-refractivity contribution is 5.95. The summed E-state index contributed by atoms with van der Waals surface area (Å²) >= 11 is 0. The predicted octanol–water partition coefficient (Wildman–Crippen LogP) is -0.648. The minimum Gasteiger partial charge on any atom is -0.396 e. The maximum Gasteiger partial charge on any atom is 0.321 e. The molecule has 0 saturated heterocycles. The van der Waals surface area contributed by atoms with E-state index in [2.05, 4.69) is 16.0 Å². The van der Waals surface area contributed by atoms with Gasteiger partial charge in [-0.15, -0.1) is 0 Å². The molecular formula is C12H23N3O4. The van der Waals surface area contributed by atoms with Crippen molar-refractivity contribution >= 4 is 11.9 Å². The predicted molar refractivity (Wildman–Crippen MR) is 69.7 cm³/mol. The second-order valence-electron chi connectivity index (χ2n) is 5.12. The Bertz CT molecular complexity index is 312. The third-order valence-electron chi connectivity index (χ3n) is 2.97. The van der Waals surface area contributed by atoms with Crippen LogP contribution in [0.2, 0.25) is 0 Å². The first-order valence-electron chi connectivity index (χ1n) is 6.44. The number of aliphatic hydroxyl groups excluding tert-OH is 1. The lowest BCUT2D eigenvalue weighted by Gasteiger charge is -2.29. The molecule has 0 aromatic carbocycles. The van der Waals surface area contributed by atoms with Crippen LogP contribution in [0.4, 0.5) is 4.79 Å². The van der Waals surface area contributed by atoms with Gasteiger partial charge in [0.05, 0.1) is 13.2 Å². The molecule has 0 aromatic rings. The Hall–Kier alpha value is -1.18. The minimum absolute atomic E-state index is 0.00204. The fourth-order valence-electron chi connectivity index (χ4n) is 1.69. The highest BCUT2D eigenvalue weighted by atomic mass is 16.5. The number of methoxy groups -OCH3 is 1. The monoisotopic (exact) mass is 273 g/mol. The number of rotatable bonds is 8. The lowest BCUT2D eigenvalue weighted by Crippen LogP contribution is -2.52. The third kappa shape index (κ3) is 6.51. The molecule has 1 fully saturated rings. The molecule has 1 atom stereocenters. The molecular weight excluding hydrogens is 250 g/mol. The quantitative estimate of drug-likeness (QED) is 0.471. The van der Waals surface area contributed by atoms with Gasteiger partial charge in [-0.2, -0.15) is 0 Å². The van der Waals surface area contributed by atoms with E-state index in [1.165, 1.54) is 0 Å². The van der Waals surface area contributed by atoms with E-state index in [0.29, 0.717) is 13.0 Å². The number of aliphatic hydroxyl groups is 1. The molecule has 0 unspecified atom stereocenters. The van der Waals surface area contributed by atoms with Crippen molar-refractivity contribution < 1.29 is 19.4 Å². The zero-order valence-electron chi connectivity index (χ0n) is 11.5. The van der Waals surface area contributed by atoms with Crippen LogP contribution >= 0.6 is 0 Å². The summed E-state index contributed by atoms with van der Waals surface area (Å²) in [5, 5.41) is 16.9. The Labute approximate surface area is 113 Å². The first-order chi connectivity index (χ1) is 8.99. The maximum atomic E-state index is 11.6. The Morgan fingerprint density at radius 2 is 2.11 bits per heavy atom. The standard InChI is InChI=1S/C12H23N3O4/c1-12(5-6-16,8-19-2)13-7-10(17)15-11(18)14-9-3-4-9/h9,13,16H,3-8H2,1-2H3,(H2,14,15,17,18)/t12-/m1/s1. The van der Waals surface area contributed by atoms with E-state index in [-0.39, 0.29) is 19.2 Å². The van der Waals surface area contributed by atoms with Gasteiger partial charge in [0.25, 0.3) is 0 Å². The van der Waals surface area contributed by atoms with Crippen molar-refractivity contribution in [2.24, 2.45) is 0 Å². The van der Waals surface area contributed by atoms with Gasteiger partial charge in [-0.25, -0.2) is 4.79 Å². The minimum atomic E-state index is -0.492. The van der Waals surface area contributed by atoms with E-state index < -0.39 is 17.5 Å². The van der Waals surface area contributed by atoms with Crippen molar-refractivity contribution in [1.82, 2.24) is 16.0 Å². The van der Waals surface area contributed by atoms with Gasteiger partial charge in [-0.05, 0) is 26.2 Å². The van der Waals surface area contributed by atoms with Gasteiger partial charge in [-0.3, -0.25) is 10.1 Å². The number of hydrogen-bond donors (Lipinski definition) is 4. The summed E-state index contributed by atoms with van der Waals surface area (Å²) in [6, 6.07) is -0.237. The topological polar surface area (TPSA) is 99.7 Å². The average molecular weight is 273 g/mol. The molecule has 0 spiro atoms. The molecule has 3 amide bonds. The Morgan fingerprint density at radius 3 is 2.63 bits per heavy atom. The second kappa shape index (κ2) is 7.42. The van der Waals surface area contributed by atoms with Gasteiger partial charge in [0.1, 0.15) is 0 Å². The normalized spacial score (nSPS) is 17.6. The van der Waals surface area contributed by atoms with E-state index in [4.69, 9.17) is 9.84 Å². The van der Waals surface area contributed by atoms with E-state index in [1.54, 1.807) is 7.11 Å². The van der Waals surface area contributed by atoms with Crippen LogP contribution in [-0.4, -0.2) is 55.5 Å².